The van der Waals surface area contributed by atoms with Crippen LogP contribution in [0.25, 0.3) is 0 Å². The molecule has 2 amide bonds. The molecule has 4 nitrogen and oxygen atoms in total. The standard InChI is InChI=1S/C13H18N2O2/c14-12(16)7-6-11(9-13(15)17)8-10-4-2-1-3-5-10/h1-5,11H,6-9H2,(H2,14,16)(H2,15,17)/t11-/m1/s1. The molecule has 0 aromatic heterocycles. The topological polar surface area (TPSA) is 86.2 Å². The molecule has 1 rings (SSSR count). The van der Waals surface area contributed by atoms with Crippen molar-refractivity contribution >= 4 is 11.8 Å². The normalized spacial score (nSPS) is 12.0. The molecule has 0 bridgehead atoms. The highest BCUT2D eigenvalue weighted by molar-refractivity contribution is 5.75. The molecule has 0 fully saturated rings. The highest BCUT2D eigenvalue weighted by Crippen LogP contribution is 2.17. The van der Waals surface area contributed by atoms with Crippen LogP contribution >= 0.6 is 0 Å². The summed E-state index contributed by atoms with van der Waals surface area (Å²) >= 11 is 0. The largest absolute Gasteiger partial charge is 0.370 e. The second-order valence-corrected chi connectivity index (χ2v) is 4.23. The lowest BCUT2D eigenvalue weighted by atomic mass is 9.91. The molecule has 0 aliphatic rings. The van der Waals surface area contributed by atoms with Crippen LogP contribution in [0.4, 0.5) is 0 Å². The lowest BCUT2D eigenvalue weighted by Crippen LogP contribution is -2.20. The minimum Gasteiger partial charge on any atom is -0.370 e. The minimum atomic E-state index is -0.340. The molecule has 92 valence electrons. The van der Waals surface area contributed by atoms with Crippen molar-refractivity contribution in [2.24, 2.45) is 17.4 Å². The molecular formula is C13H18N2O2. The maximum Gasteiger partial charge on any atom is 0.217 e. The summed E-state index contributed by atoms with van der Waals surface area (Å²) in [6, 6.07) is 9.84. The Labute approximate surface area is 101 Å². The van der Waals surface area contributed by atoms with Gasteiger partial charge in [0.15, 0.2) is 0 Å². The monoisotopic (exact) mass is 234 g/mol. The summed E-state index contributed by atoms with van der Waals surface area (Å²) in [5, 5.41) is 0. The van der Waals surface area contributed by atoms with Gasteiger partial charge in [0.1, 0.15) is 0 Å². The third-order valence-electron chi connectivity index (χ3n) is 2.66. The van der Waals surface area contributed by atoms with Crippen LogP contribution in [-0.2, 0) is 16.0 Å². The molecule has 1 aromatic carbocycles. The third kappa shape index (κ3) is 5.70. The number of carbonyl (C=O) groups is 2. The second kappa shape index (κ2) is 6.68. The maximum absolute atomic E-state index is 11.0. The van der Waals surface area contributed by atoms with Crippen molar-refractivity contribution in [2.75, 3.05) is 0 Å². The molecule has 1 aromatic rings. The van der Waals surface area contributed by atoms with E-state index in [0.29, 0.717) is 19.3 Å². The van der Waals surface area contributed by atoms with Crippen LogP contribution in [0.15, 0.2) is 30.3 Å². The predicted molar refractivity (Wildman–Crippen MR) is 65.9 cm³/mol. The zero-order chi connectivity index (χ0) is 12.7. The van der Waals surface area contributed by atoms with Gasteiger partial charge in [0.2, 0.25) is 11.8 Å². The third-order valence-corrected chi connectivity index (χ3v) is 2.66. The first-order chi connectivity index (χ1) is 8.08. The van der Waals surface area contributed by atoms with E-state index < -0.39 is 0 Å². The number of rotatable bonds is 7. The summed E-state index contributed by atoms with van der Waals surface area (Å²) in [6.07, 6.45) is 1.94. The fourth-order valence-corrected chi connectivity index (χ4v) is 1.85. The van der Waals surface area contributed by atoms with E-state index in [4.69, 9.17) is 11.5 Å². The number of hydrogen-bond acceptors (Lipinski definition) is 2. The Kier molecular flexibility index (Phi) is 5.20. The van der Waals surface area contributed by atoms with E-state index in [1.807, 2.05) is 30.3 Å². The number of benzene rings is 1. The fraction of sp³-hybridized carbons (Fsp3) is 0.385. The first-order valence-corrected chi connectivity index (χ1v) is 5.68. The van der Waals surface area contributed by atoms with Crippen LogP contribution in [0.3, 0.4) is 0 Å². The molecule has 0 unspecified atom stereocenters. The number of primary amides is 2. The van der Waals surface area contributed by atoms with E-state index in [2.05, 4.69) is 0 Å². The SMILES string of the molecule is NC(=O)CC[C@@H](CC(N)=O)Cc1ccccc1. The summed E-state index contributed by atoms with van der Waals surface area (Å²) in [6.45, 7) is 0. The van der Waals surface area contributed by atoms with Gasteiger partial charge < -0.3 is 11.5 Å². The fourth-order valence-electron chi connectivity index (χ4n) is 1.85. The second-order valence-electron chi connectivity index (χ2n) is 4.23. The highest BCUT2D eigenvalue weighted by atomic mass is 16.1. The van der Waals surface area contributed by atoms with E-state index in [0.717, 1.165) is 12.0 Å². The van der Waals surface area contributed by atoms with Crippen molar-refractivity contribution in [3.8, 4) is 0 Å². The summed E-state index contributed by atoms with van der Waals surface area (Å²) in [5.41, 5.74) is 11.4. The minimum absolute atomic E-state index is 0.0856. The molecular weight excluding hydrogens is 216 g/mol. The Morgan fingerprint density at radius 3 is 2.24 bits per heavy atom. The van der Waals surface area contributed by atoms with Crippen molar-refractivity contribution < 1.29 is 9.59 Å². The molecule has 4 N–H and O–H groups in total. The number of amides is 2. The van der Waals surface area contributed by atoms with Gasteiger partial charge in [-0.3, -0.25) is 9.59 Å². The quantitative estimate of drug-likeness (QED) is 0.737. The van der Waals surface area contributed by atoms with E-state index in [-0.39, 0.29) is 17.7 Å². The smallest absolute Gasteiger partial charge is 0.217 e. The first kappa shape index (κ1) is 13.2. The maximum atomic E-state index is 11.0. The molecule has 4 heteroatoms. The van der Waals surface area contributed by atoms with Gasteiger partial charge in [0.05, 0.1) is 0 Å². The average Bonchev–Trinajstić information content (AvgIpc) is 2.26. The Morgan fingerprint density at radius 2 is 1.71 bits per heavy atom. The summed E-state index contributed by atoms with van der Waals surface area (Å²) in [7, 11) is 0. The van der Waals surface area contributed by atoms with Crippen LogP contribution in [-0.4, -0.2) is 11.8 Å². The lowest BCUT2D eigenvalue weighted by Gasteiger charge is -2.14. The van der Waals surface area contributed by atoms with Crippen LogP contribution in [0.5, 0.6) is 0 Å². The van der Waals surface area contributed by atoms with E-state index in [9.17, 15) is 9.59 Å². The summed E-state index contributed by atoms with van der Waals surface area (Å²) in [4.78, 5) is 21.7. The molecule has 0 radical (unpaired) electrons. The Hall–Kier alpha value is -1.84. The van der Waals surface area contributed by atoms with E-state index in [1.54, 1.807) is 0 Å². The summed E-state index contributed by atoms with van der Waals surface area (Å²) in [5.74, 6) is -0.592. The van der Waals surface area contributed by atoms with Crippen molar-refractivity contribution in [1.82, 2.24) is 0 Å². The van der Waals surface area contributed by atoms with Crippen LogP contribution in [0, 0.1) is 5.92 Å². The van der Waals surface area contributed by atoms with Crippen LogP contribution in [0.1, 0.15) is 24.8 Å². The van der Waals surface area contributed by atoms with E-state index >= 15 is 0 Å². The Bertz CT molecular complexity index is 376. The van der Waals surface area contributed by atoms with Crippen molar-refractivity contribution in [2.45, 2.75) is 25.7 Å². The zero-order valence-electron chi connectivity index (χ0n) is 9.76. The van der Waals surface area contributed by atoms with Gasteiger partial charge in [-0.1, -0.05) is 30.3 Å². The molecule has 0 spiro atoms. The predicted octanol–water partition coefficient (Wildman–Crippen LogP) is 0.986. The lowest BCUT2D eigenvalue weighted by molar-refractivity contribution is -0.120. The molecule has 0 aliphatic heterocycles. The zero-order valence-corrected chi connectivity index (χ0v) is 9.76. The number of carbonyl (C=O) groups excluding carboxylic acids is 2. The van der Waals surface area contributed by atoms with Gasteiger partial charge in [0.25, 0.3) is 0 Å². The van der Waals surface area contributed by atoms with Crippen molar-refractivity contribution in [1.29, 1.82) is 0 Å². The average molecular weight is 234 g/mol. The van der Waals surface area contributed by atoms with Gasteiger partial charge in [0, 0.05) is 12.8 Å². The number of hydrogen-bond donors (Lipinski definition) is 2. The molecule has 17 heavy (non-hydrogen) atoms. The van der Waals surface area contributed by atoms with Gasteiger partial charge in [-0.05, 0) is 24.3 Å². The van der Waals surface area contributed by atoms with Gasteiger partial charge >= 0.3 is 0 Å². The molecule has 0 saturated heterocycles. The Balaban J connectivity index is 2.56. The van der Waals surface area contributed by atoms with Crippen LogP contribution in [0.2, 0.25) is 0 Å². The molecule has 0 saturated carbocycles. The highest BCUT2D eigenvalue weighted by Gasteiger charge is 2.13. The van der Waals surface area contributed by atoms with Crippen molar-refractivity contribution in [3.63, 3.8) is 0 Å². The summed E-state index contributed by atoms with van der Waals surface area (Å²) < 4.78 is 0. The molecule has 0 aliphatic carbocycles. The van der Waals surface area contributed by atoms with Crippen LogP contribution < -0.4 is 11.5 Å². The Morgan fingerprint density at radius 1 is 1.06 bits per heavy atom. The molecule has 0 heterocycles. The van der Waals surface area contributed by atoms with Gasteiger partial charge in [-0.15, -0.1) is 0 Å². The van der Waals surface area contributed by atoms with Crippen molar-refractivity contribution in [3.05, 3.63) is 35.9 Å². The first-order valence-electron chi connectivity index (χ1n) is 5.68. The van der Waals surface area contributed by atoms with Gasteiger partial charge in [-0.2, -0.15) is 0 Å². The molecule has 1 atom stereocenters. The van der Waals surface area contributed by atoms with Gasteiger partial charge in [-0.25, -0.2) is 0 Å². The van der Waals surface area contributed by atoms with E-state index in [1.165, 1.54) is 0 Å². The number of nitrogens with two attached hydrogens (primary N) is 2.